The van der Waals surface area contributed by atoms with Gasteiger partial charge in [0.05, 0.1) is 18.0 Å². The Kier molecular flexibility index (Phi) is 7.24. The number of sulfonamides is 1. The average molecular weight is 403 g/mol. The largest absolute Gasteiger partial charge is 0.347 e. The molecule has 0 unspecified atom stereocenters. The first-order chi connectivity index (χ1) is 13.2. The van der Waals surface area contributed by atoms with E-state index < -0.39 is 16.1 Å². The molecule has 0 spiro atoms. The summed E-state index contributed by atoms with van der Waals surface area (Å²) < 4.78 is 26.3. The summed E-state index contributed by atoms with van der Waals surface area (Å²) in [7, 11) is -3.63. The second-order valence-electron chi connectivity index (χ2n) is 7.20. The number of nitrogens with one attached hydrogen (secondary N) is 1. The van der Waals surface area contributed by atoms with Crippen LogP contribution < -0.4 is 9.62 Å². The van der Waals surface area contributed by atoms with Crippen LogP contribution in [0.2, 0.25) is 0 Å². The van der Waals surface area contributed by atoms with Crippen LogP contribution in [0.4, 0.5) is 5.69 Å². The standard InChI is InChI=1S/C22H30N2O3S/c1-6-20(18-13-11-16(3)12-14-18)23-22(25)21(7-2)24(28(5,26)27)19-10-8-9-17(4)15-19/h8-15,20-21H,6-7H2,1-5H3,(H,23,25)/t20-,21-/m0/s1. The minimum atomic E-state index is -3.63. The molecule has 0 aliphatic rings. The van der Waals surface area contributed by atoms with Gasteiger partial charge in [0.25, 0.3) is 0 Å². The van der Waals surface area contributed by atoms with Crippen LogP contribution in [-0.2, 0) is 14.8 Å². The minimum absolute atomic E-state index is 0.166. The van der Waals surface area contributed by atoms with Gasteiger partial charge in [0.1, 0.15) is 6.04 Å². The zero-order valence-corrected chi connectivity index (χ0v) is 18.1. The van der Waals surface area contributed by atoms with Crippen molar-refractivity contribution in [3.05, 3.63) is 65.2 Å². The topological polar surface area (TPSA) is 66.5 Å². The molecule has 28 heavy (non-hydrogen) atoms. The molecule has 152 valence electrons. The number of anilines is 1. The molecule has 2 atom stereocenters. The van der Waals surface area contributed by atoms with Crippen molar-refractivity contribution >= 4 is 21.6 Å². The van der Waals surface area contributed by atoms with Crippen molar-refractivity contribution in [1.82, 2.24) is 5.32 Å². The number of benzene rings is 2. The molecule has 0 aromatic heterocycles. The number of hydrogen-bond acceptors (Lipinski definition) is 3. The van der Waals surface area contributed by atoms with Gasteiger partial charge in [-0.15, -0.1) is 0 Å². The maximum Gasteiger partial charge on any atom is 0.244 e. The van der Waals surface area contributed by atoms with Crippen molar-refractivity contribution < 1.29 is 13.2 Å². The molecule has 0 saturated heterocycles. The van der Waals surface area contributed by atoms with E-state index in [1.165, 1.54) is 4.31 Å². The summed E-state index contributed by atoms with van der Waals surface area (Å²) in [6.07, 6.45) is 2.23. The van der Waals surface area contributed by atoms with Crippen LogP contribution in [0.15, 0.2) is 48.5 Å². The molecule has 0 aliphatic heterocycles. The molecule has 0 heterocycles. The normalized spacial score (nSPS) is 13.6. The first-order valence-electron chi connectivity index (χ1n) is 9.60. The number of nitrogens with zero attached hydrogens (tertiary/aromatic N) is 1. The summed E-state index contributed by atoms with van der Waals surface area (Å²) in [5.74, 6) is -0.290. The second-order valence-corrected chi connectivity index (χ2v) is 9.06. The van der Waals surface area contributed by atoms with Crippen molar-refractivity contribution in [3.8, 4) is 0 Å². The maximum absolute atomic E-state index is 13.1. The van der Waals surface area contributed by atoms with E-state index in [1.54, 1.807) is 18.2 Å². The maximum atomic E-state index is 13.1. The molecular formula is C22H30N2O3S. The van der Waals surface area contributed by atoms with Crippen molar-refractivity contribution in [2.24, 2.45) is 0 Å². The van der Waals surface area contributed by atoms with Gasteiger partial charge >= 0.3 is 0 Å². The zero-order valence-electron chi connectivity index (χ0n) is 17.3. The van der Waals surface area contributed by atoms with Crippen LogP contribution >= 0.6 is 0 Å². The Labute approximate surface area is 168 Å². The van der Waals surface area contributed by atoms with Gasteiger partial charge in [-0.25, -0.2) is 8.42 Å². The number of carbonyl (C=O) groups is 1. The highest BCUT2D eigenvalue weighted by Gasteiger charge is 2.32. The molecule has 0 bridgehead atoms. The number of carbonyl (C=O) groups excluding carboxylic acids is 1. The fourth-order valence-corrected chi connectivity index (χ4v) is 4.52. The monoisotopic (exact) mass is 402 g/mol. The molecule has 1 amide bonds. The smallest absolute Gasteiger partial charge is 0.244 e. The zero-order chi connectivity index (χ0) is 20.9. The van der Waals surface area contributed by atoms with Crippen molar-refractivity contribution in [3.63, 3.8) is 0 Å². The quantitative estimate of drug-likeness (QED) is 0.722. The highest BCUT2D eigenvalue weighted by molar-refractivity contribution is 7.92. The van der Waals surface area contributed by atoms with E-state index in [1.807, 2.05) is 58.0 Å². The SMILES string of the molecule is CC[C@H](NC(=O)[C@H](CC)N(c1cccc(C)c1)S(C)(=O)=O)c1ccc(C)cc1. The first kappa shape index (κ1) is 22.0. The summed E-state index contributed by atoms with van der Waals surface area (Å²) in [6, 6.07) is 14.3. The van der Waals surface area contributed by atoms with Gasteiger partial charge in [-0.2, -0.15) is 0 Å². The van der Waals surface area contributed by atoms with E-state index in [0.717, 1.165) is 22.9 Å². The van der Waals surface area contributed by atoms with Crippen LogP contribution in [0.3, 0.4) is 0 Å². The van der Waals surface area contributed by atoms with E-state index in [-0.39, 0.29) is 11.9 Å². The summed E-state index contributed by atoms with van der Waals surface area (Å²) in [5, 5.41) is 3.05. The Hall–Kier alpha value is -2.34. The number of aryl methyl sites for hydroxylation is 2. The minimum Gasteiger partial charge on any atom is -0.347 e. The number of hydrogen-bond donors (Lipinski definition) is 1. The summed E-state index contributed by atoms with van der Waals surface area (Å²) in [6.45, 7) is 7.74. The van der Waals surface area contributed by atoms with Crippen LogP contribution in [0.25, 0.3) is 0 Å². The van der Waals surface area contributed by atoms with Crippen LogP contribution in [0.1, 0.15) is 49.4 Å². The molecule has 0 saturated carbocycles. The number of amides is 1. The fraction of sp³-hybridized carbons (Fsp3) is 0.409. The van der Waals surface area contributed by atoms with Crippen LogP contribution in [-0.4, -0.2) is 26.6 Å². The highest BCUT2D eigenvalue weighted by Crippen LogP contribution is 2.25. The third-order valence-corrected chi connectivity index (χ3v) is 5.97. The van der Waals surface area contributed by atoms with E-state index in [4.69, 9.17) is 0 Å². The van der Waals surface area contributed by atoms with Gasteiger partial charge in [0.15, 0.2) is 0 Å². The molecule has 6 heteroatoms. The predicted molar refractivity (Wildman–Crippen MR) is 115 cm³/mol. The van der Waals surface area contributed by atoms with E-state index in [2.05, 4.69) is 5.32 Å². The predicted octanol–water partition coefficient (Wildman–Crippen LogP) is 4.12. The Morgan fingerprint density at radius 2 is 1.64 bits per heavy atom. The molecule has 2 rings (SSSR count). The third kappa shape index (κ3) is 5.35. The highest BCUT2D eigenvalue weighted by atomic mass is 32.2. The lowest BCUT2D eigenvalue weighted by atomic mass is 10.0. The molecule has 2 aromatic rings. The van der Waals surface area contributed by atoms with Crippen LogP contribution in [0.5, 0.6) is 0 Å². The molecular weight excluding hydrogens is 372 g/mol. The van der Waals surface area contributed by atoms with Gasteiger partial charge in [-0.05, 0) is 49.9 Å². The molecule has 0 aliphatic carbocycles. The van der Waals surface area contributed by atoms with Crippen molar-refractivity contribution in [2.75, 3.05) is 10.6 Å². The van der Waals surface area contributed by atoms with Crippen molar-refractivity contribution in [2.45, 2.75) is 52.6 Å². The molecule has 1 N–H and O–H groups in total. The molecule has 5 nitrogen and oxygen atoms in total. The second kappa shape index (κ2) is 9.24. The summed E-state index contributed by atoms with van der Waals surface area (Å²) >= 11 is 0. The van der Waals surface area contributed by atoms with Gasteiger partial charge in [-0.3, -0.25) is 9.10 Å². The van der Waals surface area contributed by atoms with Gasteiger partial charge in [-0.1, -0.05) is 55.8 Å². The third-order valence-electron chi connectivity index (χ3n) is 4.79. The first-order valence-corrected chi connectivity index (χ1v) is 11.4. The Bertz CT molecular complexity index is 908. The van der Waals surface area contributed by atoms with E-state index in [9.17, 15) is 13.2 Å². The number of rotatable bonds is 8. The Balaban J connectivity index is 2.34. The lowest BCUT2D eigenvalue weighted by Gasteiger charge is -2.31. The summed E-state index contributed by atoms with van der Waals surface area (Å²) in [5.41, 5.74) is 3.61. The summed E-state index contributed by atoms with van der Waals surface area (Å²) in [4.78, 5) is 13.1. The lowest BCUT2D eigenvalue weighted by molar-refractivity contribution is -0.123. The molecule has 2 aromatic carbocycles. The Morgan fingerprint density at radius 1 is 1.00 bits per heavy atom. The lowest BCUT2D eigenvalue weighted by Crippen LogP contribution is -2.50. The van der Waals surface area contributed by atoms with Gasteiger partial charge < -0.3 is 5.32 Å². The molecule has 0 radical (unpaired) electrons. The Morgan fingerprint density at radius 3 is 2.14 bits per heavy atom. The van der Waals surface area contributed by atoms with Crippen molar-refractivity contribution in [1.29, 1.82) is 0 Å². The fourth-order valence-electron chi connectivity index (χ4n) is 3.31. The van der Waals surface area contributed by atoms with Gasteiger partial charge in [0, 0.05) is 0 Å². The molecule has 0 fully saturated rings. The van der Waals surface area contributed by atoms with E-state index in [0.29, 0.717) is 18.5 Å². The van der Waals surface area contributed by atoms with Gasteiger partial charge in [0.2, 0.25) is 15.9 Å². The van der Waals surface area contributed by atoms with E-state index >= 15 is 0 Å². The average Bonchev–Trinajstić information content (AvgIpc) is 2.63. The van der Waals surface area contributed by atoms with Crippen LogP contribution in [0, 0.1) is 13.8 Å².